The first kappa shape index (κ1) is 14.6. The Morgan fingerprint density at radius 2 is 2.21 bits per heavy atom. The van der Waals surface area contributed by atoms with E-state index in [1.165, 1.54) is 0 Å². The number of aliphatic hydroxyl groups excluding tert-OH is 1. The lowest BCUT2D eigenvalue weighted by molar-refractivity contribution is 0.0577. The van der Waals surface area contributed by atoms with Gasteiger partial charge in [0, 0.05) is 6.54 Å². The quantitative estimate of drug-likeness (QED) is 0.871. The topological polar surface area (TPSA) is 64.7 Å². The molecule has 0 bridgehead atoms. The van der Waals surface area contributed by atoms with Gasteiger partial charge in [-0.1, -0.05) is 0 Å². The molecule has 0 aromatic heterocycles. The zero-order valence-electron chi connectivity index (χ0n) is 11.1. The average Bonchev–Trinajstić information content (AvgIpc) is 2.79. The summed E-state index contributed by atoms with van der Waals surface area (Å²) in [4.78, 5) is 0. The van der Waals surface area contributed by atoms with Gasteiger partial charge in [0.15, 0.2) is 11.5 Å². The molecule has 5 heteroatoms. The summed E-state index contributed by atoms with van der Waals surface area (Å²) < 4.78 is 12.4. The predicted molar refractivity (Wildman–Crippen MR) is 77.5 cm³/mol. The molecule has 0 spiro atoms. The van der Waals surface area contributed by atoms with Crippen LogP contribution in [0.2, 0.25) is 0 Å². The Morgan fingerprint density at radius 3 is 2.79 bits per heavy atom. The van der Waals surface area contributed by atoms with E-state index in [1.807, 2.05) is 19.1 Å². The van der Waals surface area contributed by atoms with E-state index in [9.17, 15) is 5.11 Å². The molecule has 0 heterocycles. The molecule has 2 atom stereocenters. The van der Waals surface area contributed by atoms with E-state index in [2.05, 4.69) is 15.9 Å². The van der Waals surface area contributed by atoms with E-state index in [1.54, 1.807) is 0 Å². The highest BCUT2D eigenvalue weighted by molar-refractivity contribution is 9.10. The summed E-state index contributed by atoms with van der Waals surface area (Å²) in [6.45, 7) is 2.94. The molecule has 0 saturated heterocycles. The van der Waals surface area contributed by atoms with Crippen molar-refractivity contribution in [2.45, 2.75) is 44.9 Å². The molecule has 1 aromatic carbocycles. The highest BCUT2D eigenvalue weighted by Crippen LogP contribution is 2.39. The van der Waals surface area contributed by atoms with E-state index in [0.29, 0.717) is 24.7 Å². The number of hydrogen-bond donors (Lipinski definition) is 2. The molecular formula is C14H20BrNO3. The fraction of sp³-hybridized carbons (Fsp3) is 0.571. The SMILES string of the molecule is CCOc1cc(CN)cc(Br)c1OC1CCCC1O. The Kier molecular flexibility index (Phi) is 5.07. The van der Waals surface area contributed by atoms with Crippen LogP contribution < -0.4 is 15.2 Å². The smallest absolute Gasteiger partial charge is 0.175 e. The Hall–Kier alpha value is -0.780. The van der Waals surface area contributed by atoms with Crippen molar-refractivity contribution in [1.82, 2.24) is 0 Å². The Bertz CT molecular complexity index is 439. The predicted octanol–water partition coefficient (Wildman–Crippen LogP) is 2.60. The molecular weight excluding hydrogens is 310 g/mol. The van der Waals surface area contributed by atoms with Crippen LogP contribution in [0.15, 0.2) is 16.6 Å². The second-order valence-electron chi connectivity index (χ2n) is 4.70. The van der Waals surface area contributed by atoms with Crippen molar-refractivity contribution in [2.24, 2.45) is 5.73 Å². The van der Waals surface area contributed by atoms with Gasteiger partial charge in [-0.15, -0.1) is 0 Å². The first-order valence-electron chi connectivity index (χ1n) is 6.65. The molecule has 19 heavy (non-hydrogen) atoms. The summed E-state index contributed by atoms with van der Waals surface area (Å²) in [6.07, 6.45) is 2.12. The third kappa shape index (κ3) is 3.41. The number of rotatable bonds is 5. The van der Waals surface area contributed by atoms with Gasteiger partial charge >= 0.3 is 0 Å². The lowest BCUT2D eigenvalue weighted by Gasteiger charge is -2.21. The molecule has 1 aliphatic rings. The van der Waals surface area contributed by atoms with Crippen molar-refractivity contribution in [2.75, 3.05) is 6.61 Å². The zero-order valence-corrected chi connectivity index (χ0v) is 12.6. The molecule has 1 fully saturated rings. The summed E-state index contributed by atoms with van der Waals surface area (Å²) in [6, 6.07) is 3.82. The largest absolute Gasteiger partial charge is 0.490 e. The first-order valence-corrected chi connectivity index (χ1v) is 7.45. The molecule has 0 radical (unpaired) electrons. The Labute approximate surface area is 122 Å². The van der Waals surface area contributed by atoms with Crippen molar-refractivity contribution in [3.05, 3.63) is 22.2 Å². The Morgan fingerprint density at radius 1 is 1.42 bits per heavy atom. The summed E-state index contributed by atoms with van der Waals surface area (Å²) in [5.41, 5.74) is 6.64. The number of nitrogens with two attached hydrogens (primary N) is 1. The second-order valence-corrected chi connectivity index (χ2v) is 5.55. The minimum Gasteiger partial charge on any atom is -0.490 e. The number of ether oxygens (including phenoxy) is 2. The summed E-state index contributed by atoms with van der Waals surface area (Å²) >= 11 is 3.49. The van der Waals surface area contributed by atoms with E-state index < -0.39 is 6.10 Å². The fourth-order valence-electron chi connectivity index (χ4n) is 2.31. The van der Waals surface area contributed by atoms with Gasteiger partial charge in [-0.3, -0.25) is 0 Å². The molecule has 0 amide bonds. The zero-order chi connectivity index (χ0) is 13.8. The minimum atomic E-state index is -0.393. The second kappa shape index (κ2) is 6.59. The molecule has 2 rings (SSSR count). The Balaban J connectivity index is 2.26. The van der Waals surface area contributed by atoms with Crippen molar-refractivity contribution < 1.29 is 14.6 Å². The highest BCUT2D eigenvalue weighted by atomic mass is 79.9. The third-order valence-electron chi connectivity index (χ3n) is 3.29. The fourth-order valence-corrected chi connectivity index (χ4v) is 2.89. The van der Waals surface area contributed by atoms with Gasteiger partial charge in [0.1, 0.15) is 6.10 Å². The van der Waals surface area contributed by atoms with Crippen molar-refractivity contribution in [3.63, 3.8) is 0 Å². The monoisotopic (exact) mass is 329 g/mol. The summed E-state index contributed by atoms with van der Waals surface area (Å²) in [7, 11) is 0. The van der Waals surface area contributed by atoms with E-state index in [0.717, 1.165) is 29.3 Å². The van der Waals surface area contributed by atoms with Crippen LogP contribution in [0.1, 0.15) is 31.7 Å². The number of hydrogen-bond acceptors (Lipinski definition) is 4. The molecule has 2 unspecified atom stereocenters. The summed E-state index contributed by atoms with van der Waals surface area (Å²) in [5, 5.41) is 9.86. The van der Waals surface area contributed by atoms with Crippen LogP contribution in [0.3, 0.4) is 0 Å². The lowest BCUT2D eigenvalue weighted by atomic mass is 10.2. The van der Waals surface area contributed by atoms with Crippen LogP contribution in [0.25, 0.3) is 0 Å². The van der Waals surface area contributed by atoms with Crippen LogP contribution in [-0.4, -0.2) is 23.9 Å². The maximum atomic E-state index is 9.86. The number of halogens is 1. The molecule has 4 nitrogen and oxygen atoms in total. The van der Waals surface area contributed by atoms with E-state index in [4.69, 9.17) is 15.2 Å². The lowest BCUT2D eigenvalue weighted by Crippen LogP contribution is -2.26. The van der Waals surface area contributed by atoms with Gasteiger partial charge in [-0.2, -0.15) is 0 Å². The number of benzene rings is 1. The van der Waals surface area contributed by atoms with Gasteiger partial charge < -0.3 is 20.3 Å². The van der Waals surface area contributed by atoms with Crippen LogP contribution in [0.4, 0.5) is 0 Å². The minimum absolute atomic E-state index is 0.153. The van der Waals surface area contributed by atoms with Gasteiger partial charge in [0.25, 0.3) is 0 Å². The van der Waals surface area contributed by atoms with Crippen molar-refractivity contribution >= 4 is 15.9 Å². The molecule has 106 valence electrons. The van der Waals surface area contributed by atoms with Crippen molar-refractivity contribution in [3.8, 4) is 11.5 Å². The maximum Gasteiger partial charge on any atom is 0.175 e. The van der Waals surface area contributed by atoms with Gasteiger partial charge in [-0.05, 0) is 59.8 Å². The average molecular weight is 330 g/mol. The van der Waals surface area contributed by atoms with Crippen molar-refractivity contribution in [1.29, 1.82) is 0 Å². The van der Waals surface area contributed by atoms with E-state index in [-0.39, 0.29) is 6.10 Å². The highest BCUT2D eigenvalue weighted by Gasteiger charge is 2.28. The van der Waals surface area contributed by atoms with Crippen LogP contribution in [-0.2, 0) is 6.54 Å². The van der Waals surface area contributed by atoms with Crippen LogP contribution >= 0.6 is 15.9 Å². The maximum absolute atomic E-state index is 9.86. The molecule has 1 aromatic rings. The first-order chi connectivity index (χ1) is 9.15. The van der Waals surface area contributed by atoms with Gasteiger partial charge in [-0.25, -0.2) is 0 Å². The van der Waals surface area contributed by atoms with Crippen LogP contribution in [0.5, 0.6) is 11.5 Å². The standard InChI is InChI=1S/C14H20BrNO3/c1-2-18-13-7-9(8-16)6-10(15)14(13)19-12-5-3-4-11(12)17/h6-7,11-12,17H,2-5,8,16H2,1H3. The molecule has 0 aliphatic heterocycles. The van der Waals surface area contributed by atoms with Crippen LogP contribution in [0, 0.1) is 0 Å². The van der Waals surface area contributed by atoms with Gasteiger partial charge in [0.2, 0.25) is 0 Å². The van der Waals surface area contributed by atoms with E-state index >= 15 is 0 Å². The number of aliphatic hydroxyl groups is 1. The molecule has 3 N–H and O–H groups in total. The molecule has 1 saturated carbocycles. The van der Waals surface area contributed by atoms with Gasteiger partial charge in [0.05, 0.1) is 17.2 Å². The summed E-state index contributed by atoms with van der Waals surface area (Å²) in [5.74, 6) is 1.33. The molecule has 1 aliphatic carbocycles. The normalized spacial score (nSPS) is 22.5. The third-order valence-corrected chi connectivity index (χ3v) is 3.88.